The van der Waals surface area contributed by atoms with Crippen molar-refractivity contribution in [1.29, 1.82) is 0 Å². The summed E-state index contributed by atoms with van der Waals surface area (Å²) >= 11 is 0. The van der Waals surface area contributed by atoms with Crippen LogP contribution in [0.3, 0.4) is 0 Å². The molecule has 5 aromatic rings. The Kier molecular flexibility index (Phi) is 4.51. The third kappa shape index (κ3) is 3.54. The van der Waals surface area contributed by atoms with Crippen molar-refractivity contribution in [1.82, 2.24) is 14.1 Å². The van der Waals surface area contributed by atoms with Gasteiger partial charge >= 0.3 is 0 Å². The van der Waals surface area contributed by atoms with E-state index in [1.165, 1.54) is 24.3 Å². The van der Waals surface area contributed by atoms with E-state index in [0.29, 0.717) is 27.8 Å². The van der Waals surface area contributed by atoms with Gasteiger partial charge in [0.1, 0.15) is 17.3 Å². The molecule has 2 aromatic heterocycles. The van der Waals surface area contributed by atoms with Gasteiger partial charge in [-0.2, -0.15) is 0 Å². The molecular formula is C24H18F2N4O. The topological polar surface area (TPSA) is 51.9 Å². The van der Waals surface area contributed by atoms with Crippen LogP contribution >= 0.6 is 0 Å². The number of benzene rings is 3. The van der Waals surface area contributed by atoms with E-state index in [9.17, 15) is 13.6 Å². The molecule has 1 amide bonds. The molecule has 0 saturated heterocycles. The van der Waals surface area contributed by atoms with Gasteiger partial charge in [0.15, 0.2) is 0 Å². The Morgan fingerprint density at radius 3 is 2.61 bits per heavy atom. The van der Waals surface area contributed by atoms with Crippen LogP contribution in [0.15, 0.2) is 73.1 Å². The van der Waals surface area contributed by atoms with Gasteiger partial charge in [-0.05, 0) is 60.2 Å². The SMILES string of the molecule is Cn1cnc2cc(NC(=O)c3cc4cc(F)ccc4n3Cc3cccc(F)c3)ccc21. The molecule has 0 aliphatic heterocycles. The quantitative estimate of drug-likeness (QED) is 0.443. The number of nitrogens with zero attached hydrogens (tertiary/aromatic N) is 3. The standard InChI is InChI=1S/C24H18F2N4O/c1-29-14-27-20-12-19(6-8-22(20)29)28-24(31)23-11-16-10-18(26)5-7-21(16)30(23)13-15-3-2-4-17(25)9-15/h2-12,14H,13H2,1H3,(H,28,31). The number of halogens is 2. The summed E-state index contributed by atoms with van der Waals surface area (Å²) in [7, 11) is 1.90. The Morgan fingerprint density at radius 2 is 1.77 bits per heavy atom. The number of carbonyl (C=O) groups is 1. The molecule has 5 rings (SSSR count). The number of rotatable bonds is 4. The summed E-state index contributed by atoms with van der Waals surface area (Å²) in [5.41, 5.74) is 4.06. The van der Waals surface area contributed by atoms with Gasteiger partial charge in [0.25, 0.3) is 5.91 Å². The summed E-state index contributed by atoms with van der Waals surface area (Å²) < 4.78 is 31.1. The summed E-state index contributed by atoms with van der Waals surface area (Å²) in [6.45, 7) is 0.273. The molecule has 0 saturated carbocycles. The average Bonchev–Trinajstić information content (AvgIpc) is 3.28. The van der Waals surface area contributed by atoms with E-state index >= 15 is 0 Å². The Labute approximate surface area is 176 Å². The summed E-state index contributed by atoms with van der Waals surface area (Å²) in [5, 5.41) is 3.49. The molecule has 0 aliphatic rings. The zero-order valence-corrected chi connectivity index (χ0v) is 16.6. The van der Waals surface area contributed by atoms with E-state index in [1.807, 2.05) is 17.7 Å². The molecule has 0 spiro atoms. The lowest BCUT2D eigenvalue weighted by atomic mass is 10.2. The lowest BCUT2D eigenvalue weighted by Crippen LogP contribution is -2.17. The molecule has 3 aromatic carbocycles. The summed E-state index contributed by atoms with van der Waals surface area (Å²) in [6.07, 6.45) is 1.71. The van der Waals surface area contributed by atoms with Gasteiger partial charge in [-0.15, -0.1) is 0 Å². The summed E-state index contributed by atoms with van der Waals surface area (Å²) in [6, 6.07) is 17.7. The van der Waals surface area contributed by atoms with E-state index in [4.69, 9.17) is 0 Å². The third-order valence-corrected chi connectivity index (χ3v) is 5.31. The van der Waals surface area contributed by atoms with Gasteiger partial charge in [-0.25, -0.2) is 13.8 Å². The van der Waals surface area contributed by atoms with E-state index < -0.39 is 0 Å². The van der Waals surface area contributed by atoms with Crippen LogP contribution in [0, 0.1) is 11.6 Å². The highest BCUT2D eigenvalue weighted by Gasteiger charge is 2.17. The highest BCUT2D eigenvalue weighted by atomic mass is 19.1. The molecule has 0 radical (unpaired) electrons. The average molecular weight is 416 g/mol. The second-order valence-electron chi connectivity index (χ2n) is 7.46. The second-order valence-corrected chi connectivity index (χ2v) is 7.46. The molecule has 0 unspecified atom stereocenters. The Balaban J connectivity index is 1.54. The van der Waals surface area contributed by atoms with Crippen LogP contribution in [-0.4, -0.2) is 20.0 Å². The number of hydrogen-bond acceptors (Lipinski definition) is 2. The van der Waals surface area contributed by atoms with Crippen molar-refractivity contribution in [2.75, 3.05) is 5.32 Å². The zero-order valence-electron chi connectivity index (χ0n) is 16.6. The van der Waals surface area contributed by atoms with Crippen LogP contribution in [0.1, 0.15) is 16.1 Å². The third-order valence-electron chi connectivity index (χ3n) is 5.31. The van der Waals surface area contributed by atoms with Crippen molar-refractivity contribution in [3.63, 3.8) is 0 Å². The number of hydrogen-bond donors (Lipinski definition) is 1. The van der Waals surface area contributed by atoms with Gasteiger partial charge in [0.05, 0.1) is 17.4 Å². The van der Waals surface area contributed by atoms with Crippen LogP contribution in [-0.2, 0) is 13.6 Å². The Hall–Kier alpha value is -4.00. The number of aryl methyl sites for hydroxylation is 1. The fourth-order valence-electron chi connectivity index (χ4n) is 3.83. The molecule has 5 nitrogen and oxygen atoms in total. The van der Waals surface area contributed by atoms with Gasteiger partial charge in [-0.1, -0.05) is 12.1 Å². The first-order valence-corrected chi connectivity index (χ1v) is 9.73. The Morgan fingerprint density at radius 1 is 0.968 bits per heavy atom. The highest BCUT2D eigenvalue weighted by Crippen LogP contribution is 2.24. The lowest BCUT2D eigenvalue weighted by Gasteiger charge is -2.12. The monoisotopic (exact) mass is 416 g/mol. The van der Waals surface area contributed by atoms with Gasteiger partial charge in [0.2, 0.25) is 0 Å². The molecule has 0 bridgehead atoms. The number of imidazole rings is 1. The van der Waals surface area contributed by atoms with E-state index in [2.05, 4.69) is 10.3 Å². The van der Waals surface area contributed by atoms with Crippen LogP contribution < -0.4 is 5.32 Å². The minimum absolute atomic E-state index is 0.273. The van der Waals surface area contributed by atoms with Gasteiger partial charge < -0.3 is 14.5 Å². The van der Waals surface area contributed by atoms with Crippen LogP contribution in [0.2, 0.25) is 0 Å². The maximum absolute atomic E-state index is 13.8. The van der Waals surface area contributed by atoms with Crippen LogP contribution in [0.25, 0.3) is 21.9 Å². The van der Waals surface area contributed by atoms with E-state index in [-0.39, 0.29) is 24.1 Å². The van der Waals surface area contributed by atoms with Crippen molar-refractivity contribution in [2.45, 2.75) is 6.54 Å². The second kappa shape index (κ2) is 7.36. The molecule has 31 heavy (non-hydrogen) atoms. The predicted octanol–water partition coefficient (Wildman–Crippen LogP) is 5.11. The van der Waals surface area contributed by atoms with Crippen molar-refractivity contribution < 1.29 is 13.6 Å². The minimum atomic E-state index is -0.386. The number of fused-ring (bicyclic) bond motifs is 2. The molecule has 0 atom stereocenters. The van der Waals surface area contributed by atoms with Gasteiger partial charge in [0, 0.05) is 30.2 Å². The Bertz CT molecular complexity index is 1450. The number of nitrogens with one attached hydrogen (secondary N) is 1. The van der Waals surface area contributed by atoms with Gasteiger partial charge in [-0.3, -0.25) is 4.79 Å². The largest absolute Gasteiger partial charge is 0.334 e. The molecule has 0 fully saturated rings. The highest BCUT2D eigenvalue weighted by molar-refractivity contribution is 6.07. The van der Waals surface area contributed by atoms with Crippen LogP contribution in [0.4, 0.5) is 14.5 Å². The van der Waals surface area contributed by atoms with Crippen molar-refractivity contribution in [3.8, 4) is 0 Å². The molecule has 1 N–H and O–H groups in total. The minimum Gasteiger partial charge on any atom is -0.334 e. The normalized spacial score (nSPS) is 11.3. The summed E-state index contributed by atoms with van der Waals surface area (Å²) in [5.74, 6) is -1.08. The van der Waals surface area contributed by atoms with Crippen LogP contribution in [0.5, 0.6) is 0 Å². The number of carbonyl (C=O) groups excluding carboxylic acids is 1. The molecule has 154 valence electrons. The fourth-order valence-corrected chi connectivity index (χ4v) is 3.83. The maximum Gasteiger partial charge on any atom is 0.272 e. The van der Waals surface area contributed by atoms with Crippen molar-refractivity contribution in [2.24, 2.45) is 7.05 Å². The van der Waals surface area contributed by atoms with Crippen molar-refractivity contribution >= 4 is 33.5 Å². The first-order chi connectivity index (χ1) is 15.0. The number of anilines is 1. The maximum atomic E-state index is 13.8. The van der Waals surface area contributed by atoms with E-state index in [1.54, 1.807) is 47.3 Å². The predicted molar refractivity (Wildman–Crippen MR) is 116 cm³/mol. The number of aromatic nitrogens is 3. The molecule has 7 heteroatoms. The zero-order chi connectivity index (χ0) is 21.5. The molecule has 2 heterocycles. The molecule has 0 aliphatic carbocycles. The van der Waals surface area contributed by atoms with E-state index in [0.717, 1.165) is 11.0 Å². The van der Waals surface area contributed by atoms with Crippen molar-refractivity contribution in [3.05, 3.63) is 95.9 Å². The smallest absolute Gasteiger partial charge is 0.272 e. The first-order valence-electron chi connectivity index (χ1n) is 9.73. The number of amides is 1. The summed E-state index contributed by atoms with van der Waals surface area (Å²) in [4.78, 5) is 17.5. The fraction of sp³-hybridized carbons (Fsp3) is 0.0833. The molecular weight excluding hydrogens is 398 g/mol. The lowest BCUT2D eigenvalue weighted by molar-refractivity contribution is 0.101. The first kappa shape index (κ1) is 19.0.